The average molecular weight is 261 g/mol. The number of nitrogens with zero attached hydrogens (tertiary/aromatic N) is 2. The van der Waals surface area contributed by atoms with Crippen LogP contribution in [0.2, 0.25) is 0 Å². The molecular formula is C13H15N3O3. The van der Waals surface area contributed by atoms with Crippen LogP contribution in [0.3, 0.4) is 0 Å². The van der Waals surface area contributed by atoms with Gasteiger partial charge in [-0.05, 0) is 26.0 Å². The van der Waals surface area contributed by atoms with Crippen molar-refractivity contribution in [2.45, 2.75) is 19.4 Å². The minimum atomic E-state index is -1.27. The van der Waals surface area contributed by atoms with Crippen LogP contribution in [-0.4, -0.2) is 27.5 Å². The van der Waals surface area contributed by atoms with E-state index in [1.165, 1.54) is 18.7 Å². The zero-order valence-corrected chi connectivity index (χ0v) is 10.8. The summed E-state index contributed by atoms with van der Waals surface area (Å²) in [7, 11) is 0. The molecule has 0 saturated carbocycles. The van der Waals surface area contributed by atoms with Crippen molar-refractivity contribution in [2.75, 3.05) is 6.54 Å². The highest BCUT2D eigenvalue weighted by molar-refractivity contribution is 5.91. The van der Waals surface area contributed by atoms with Gasteiger partial charge in [-0.3, -0.25) is 9.78 Å². The standard InChI is InChI=1S/C13H15N3O3/c1-9-6-15-10(7-14-9)12(17)16-8-13(2,18)11-4-3-5-19-11/h3-7,18H,8H2,1-2H3,(H,16,17). The van der Waals surface area contributed by atoms with E-state index in [0.29, 0.717) is 5.76 Å². The van der Waals surface area contributed by atoms with Crippen molar-refractivity contribution < 1.29 is 14.3 Å². The maximum Gasteiger partial charge on any atom is 0.271 e. The van der Waals surface area contributed by atoms with E-state index in [4.69, 9.17) is 4.42 Å². The molecular weight excluding hydrogens is 246 g/mol. The molecule has 100 valence electrons. The highest BCUT2D eigenvalue weighted by atomic mass is 16.4. The first-order chi connectivity index (χ1) is 8.99. The SMILES string of the molecule is Cc1cnc(C(=O)NCC(C)(O)c2ccco2)cn1. The Hall–Kier alpha value is -2.21. The van der Waals surface area contributed by atoms with Gasteiger partial charge in [-0.1, -0.05) is 0 Å². The van der Waals surface area contributed by atoms with Crippen molar-refractivity contribution in [3.8, 4) is 0 Å². The van der Waals surface area contributed by atoms with Gasteiger partial charge in [0, 0.05) is 6.20 Å². The number of aromatic nitrogens is 2. The van der Waals surface area contributed by atoms with E-state index >= 15 is 0 Å². The number of amides is 1. The predicted octanol–water partition coefficient (Wildman–Crippen LogP) is 1.02. The van der Waals surface area contributed by atoms with Gasteiger partial charge in [-0.2, -0.15) is 0 Å². The van der Waals surface area contributed by atoms with Gasteiger partial charge in [0.1, 0.15) is 17.1 Å². The van der Waals surface area contributed by atoms with Crippen LogP contribution in [0.15, 0.2) is 35.2 Å². The topological polar surface area (TPSA) is 88.2 Å². The molecule has 0 aliphatic carbocycles. The largest absolute Gasteiger partial charge is 0.466 e. The Kier molecular flexibility index (Phi) is 3.62. The van der Waals surface area contributed by atoms with Crippen molar-refractivity contribution >= 4 is 5.91 Å². The summed E-state index contributed by atoms with van der Waals surface area (Å²) in [6, 6.07) is 3.33. The molecule has 0 aromatic carbocycles. The lowest BCUT2D eigenvalue weighted by atomic mass is 10.0. The molecule has 2 aromatic heterocycles. The number of carbonyl (C=O) groups is 1. The lowest BCUT2D eigenvalue weighted by molar-refractivity contribution is 0.0329. The second-order valence-corrected chi connectivity index (χ2v) is 4.48. The molecule has 2 aromatic rings. The molecule has 6 nitrogen and oxygen atoms in total. The summed E-state index contributed by atoms with van der Waals surface area (Å²) in [5.41, 5.74) is -0.322. The van der Waals surface area contributed by atoms with Crippen LogP contribution in [0.25, 0.3) is 0 Å². The summed E-state index contributed by atoms with van der Waals surface area (Å²) in [6.45, 7) is 3.37. The van der Waals surface area contributed by atoms with E-state index in [1.54, 1.807) is 26.0 Å². The van der Waals surface area contributed by atoms with E-state index in [9.17, 15) is 9.90 Å². The second kappa shape index (κ2) is 5.19. The van der Waals surface area contributed by atoms with Gasteiger partial charge in [0.2, 0.25) is 0 Å². The highest BCUT2D eigenvalue weighted by Crippen LogP contribution is 2.19. The van der Waals surface area contributed by atoms with Crippen LogP contribution < -0.4 is 5.32 Å². The molecule has 0 bridgehead atoms. The molecule has 1 amide bonds. The summed E-state index contributed by atoms with van der Waals surface area (Å²) in [4.78, 5) is 19.8. The molecule has 0 radical (unpaired) electrons. The average Bonchev–Trinajstić information content (AvgIpc) is 2.91. The second-order valence-electron chi connectivity index (χ2n) is 4.48. The maximum absolute atomic E-state index is 11.8. The van der Waals surface area contributed by atoms with Crippen LogP contribution >= 0.6 is 0 Å². The molecule has 0 aliphatic heterocycles. The molecule has 0 saturated heterocycles. The van der Waals surface area contributed by atoms with E-state index < -0.39 is 5.60 Å². The van der Waals surface area contributed by atoms with Crippen LogP contribution in [0.1, 0.15) is 28.9 Å². The van der Waals surface area contributed by atoms with E-state index in [-0.39, 0.29) is 18.1 Å². The molecule has 1 unspecified atom stereocenters. The molecule has 0 fully saturated rings. The number of hydrogen-bond acceptors (Lipinski definition) is 5. The number of hydrogen-bond donors (Lipinski definition) is 2. The number of carbonyl (C=O) groups excluding carboxylic acids is 1. The summed E-state index contributed by atoms with van der Waals surface area (Å²) in [5.74, 6) is 0.00196. The van der Waals surface area contributed by atoms with Crippen LogP contribution in [0, 0.1) is 6.92 Å². The van der Waals surface area contributed by atoms with Crippen LogP contribution in [0.4, 0.5) is 0 Å². The van der Waals surface area contributed by atoms with Gasteiger partial charge >= 0.3 is 0 Å². The van der Waals surface area contributed by atoms with Crippen molar-refractivity contribution in [3.63, 3.8) is 0 Å². The van der Waals surface area contributed by atoms with Gasteiger partial charge in [0.05, 0.1) is 24.7 Å². The Morgan fingerprint density at radius 1 is 1.47 bits per heavy atom. The fourth-order valence-corrected chi connectivity index (χ4v) is 1.52. The first-order valence-corrected chi connectivity index (χ1v) is 5.82. The smallest absolute Gasteiger partial charge is 0.271 e. The molecule has 1 atom stereocenters. The predicted molar refractivity (Wildman–Crippen MR) is 67.4 cm³/mol. The third-order valence-corrected chi connectivity index (χ3v) is 2.66. The molecule has 2 rings (SSSR count). The van der Waals surface area contributed by atoms with Crippen molar-refractivity contribution in [1.29, 1.82) is 0 Å². The molecule has 2 heterocycles. The normalized spacial score (nSPS) is 13.8. The third kappa shape index (κ3) is 3.17. The third-order valence-electron chi connectivity index (χ3n) is 2.66. The van der Waals surface area contributed by atoms with Gasteiger partial charge in [0.25, 0.3) is 5.91 Å². The number of furan rings is 1. The Labute approximate surface area is 110 Å². The van der Waals surface area contributed by atoms with Gasteiger partial charge in [-0.15, -0.1) is 0 Å². The van der Waals surface area contributed by atoms with E-state index in [2.05, 4.69) is 15.3 Å². The summed E-state index contributed by atoms with van der Waals surface area (Å²) >= 11 is 0. The van der Waals surface area contributed by atoms with Crippen molar-refractivity contribution in [3.05, 3.63) is 47.9 Å². The maximum atomic E-state index is 11.8. The Morgan fingerprint density at radius 2 is 2.26 bits per heavy atom. The summed E-state index contributed by atoms with van der Waals surface area (Å²) in [5, 5.41) is 12.8. The summed E-state index contributed by atoms with van der Waals surface area (Å²) in [6.07, 6.45) is 4.38. The Bertz CT molecular complexity index is 547. The highest BCUT2D eigenvalue weighted by Gasteiger charge is 2.27. The van der Waals surface area contributed by atoms with Crippen LogP contribution in [0.5, 0.6) is 0 Å². The number of aliphatic hydroxyl groups is 1. The molecule has 0 spiro atoms. The monoisotopic (exact) mass is 261 g/mol. The Morgan fingerprint density at radius 3 is 2.84 bits per heavy atom. The molecule has 6 heteroatoms. The fraction of sp³-hybridized carbons (Fsp3) is 0.308. The molecule has 2 N–H and O–H groups in total. The summed E-state index contributed by atoms with van der Waals surface area (Å²) < 4.78 is 5.12. The first kappa shape index (κ1) is 13.2. The number of nitrogens with one attached hydrogen (secondary N) is 1. The molecule has 19 heavy (non-hydrogen) atoms. The lowest BCUT2D eigenvalue weighted by Gasteiger charge is -2.20. The lowest BCUT2D eigenvalue weighted by Crippen LogP contribution is -2.38. The van der Waals surface area contributed by atoms with Crippen LogP contribution in [-0.2, 0) is 5.60 Å². The fourth-order valence-electron chi connectivity index (χ4n) is 1.52. The Balaban J connectivity index is 1.99. The minimum Gasteiger partial charge on any atom is -0.466 e. The van der Waals surface area contributed by atoms with Gasteiger partial charge < -0.3 is 14.8 Å². The van der Waals surface area contributed by atoms with Gasteiger partial charge in [-0.25, -0.2) is 4.98 Å². The minimum absolute atomic E-state index is 0.0227. The zero-order chi connectivity index (χ0) is 13.9. The quantitative estimate of drug-likeness (QED) is 0.857. The molecule has 0 aliphatic rings. The van der Waals surface area contributed by atoms with Gasteiger partial charge in [0.15, 0.2) is 0 Å². The first-order valence-electron chi connectivity index (χ1n) is 5.82. The van der Waals surface area contributed by atoms with E-state index in [0.717, 1.165) is 5.69 Å². The number of rotatable bonds is 4. The zero-order valence-electron chi connectivity index (χ0n) is 10.8. The van der Waals surface area contributed by atoms with Crippen molar-refractivity contribution in [1.82, 2.24) is 15.3 Å². The van der Waals surface area contributed by atoms with Crippen molar-refractivity contribution in [2.24, 2.45) is 0 Å². The van der Waals surface area contributed by atoms with E-state index in [1.807, 2.05) is 0 Å². The number of aryl methyl sites for hydroxylation is 1.